The molecule has 0 aliphatic heterocycles. The van der Waals surface area contributed by atoms with Crippen LogP contribution in [0.3, 0.4) is 0 Å². The van der Waals surface area contributed by atoms with E-state index in [1.54, 1.807) is 27.0 Å². The molecule has 0 fully saturated rings. The maximum absolute atomic E-state index is 12.7. The van der Waals surface area contributed by atoms with E-state index in [4.69, 9.17) is 13.9 Å². The molecule has 31 heavy (non-hydrogen) atoms. The summed E-state index contributed by atoms with van der Waals surface area (Å²) in [5.41, 5.74) is 1.55. The van der Waals surface area contributed by atoms with Crippen LogP contribution in [0.15, 0.2) is 63.8 Å². The predicted octanol–water partition coefficient (Wildman–Crippen LogP) is 4.82. The zero-order valence-corrected chi connectivity index (χ0v) is 17.5. The molecule has 0 amide bonds. The fourth-order valence-corrected chi connectivity index (χ4v) is 3.58. The Morgan fingerprint density at radius 2 is 1.81 bits per heavy atom. The summed E-state index contributed by atoms with van der Waals surface area (Å²) in [6, 6.07) is 16.0. The highest BCUT2D eigenvalue weighted by Gasteiger charge is 2.19. The molecular weight excluding hydrogens is 396 g/mol. The average Bonchev–Trinajstić information content (AvgIpc) is 2.78. The molecule has 6 heteroatoms. The topological polar surface area (TPSA) is 86.0 Å². The van der Waals surface area contributed by atoms with Gasteiger partial charge in [0.1, 0.15) is 23.7 Å². The van der Waals surface area contributed by atoms with Crippen LogP contribution in [-0.2, 0) is 16.1 Å². The van der Waals surface area contributed by atoms with Crippen molar-refractivity contribution in [1.29, 1.82) is 0 Å². The number of fused-ring (bicyclic) bond motifs is 2. The number of hydrogen-bond donors (Lipinski definition) is 1. The first-order chi connectivity index (χ1) is 14.9. The van der Waals surface area contributed by atoms with Gasteiger partial charge in [-0.25, -0.2) is 4.79 Å². The van der Waals surface area contributed by atoms with Crippen molar-refractivity contribution in [2.75, 3.05) is 7.11 Å². The highest BCUT2D eigenvalue weighted by molar-refractivity contribution is 5.87. The van der Waals surface area contributed by atoms with Gasteiger partial charge in [0.25, 0.3) is 0 Å². The molecule has 4 aromatic rings. The number of esters is 1. The van der Waals surface area contributed by atoms with Crippen LogP contribution in [-0.4, -0.2) is 18.2 Å². The van der Waals surface area contributed by atoms with Crippen LogP contribution in [0.25, 0.3) is 21.7 Å². The van der Waals surface area contributed by atoms with Crippen molar-refractivity contribution in [3.05, 3.63) is 81.7 Å². The van der Waals surface area contributed by atoms with Gasteiger partial charge in [0, 0.05) is 22.6 Å². The first-order valence-electron chi connectivity index (χ1n) is 9.87. The number of ether oxygens (including phenoxy) is 2. The molecule has 1 heterocycles. The molecule has 0 unspecified atom stereocenters. The molecule has 1 atom stereocenters. The number of hydrogen-bond acceptors (Lipinski definition) is 6. The Bertz CT molecular complexity index is 1350. The second kappa shape index (κ2) is 8.14. The van der Waals surface area contributed by atoms with E-state index in [9.17, 15) is 14.7 Å². The van der Waals surface area contributed by atoms with E-state index in [0.717, 1.165) is 22.1 Å². The van der Waals surface area contributed by atoms with Crippen LogP contribution in [0.1, 0.15) is 29.5 Å². The summed E-state index contributed by atoms with van der Waals surface area (Å²) in [6.07, 6.45) is 0. The molecule has 0 aliphatic carbocycles. The molecule has 0 radical (unpaired) electrons. The molecule has 1 aromatic heterocycles. The Balaban J connectivity index is 1.56. The van der Waals surface area contributed by atoms with Gasteiger partial charge in [0.15, 0.2) is 0 Å². The lowest BCUT2D eigenvalue weighted by Crippen LogP contribution is -2.14. The minimum absolute atomic E-state index is 0.0346. The van der Waals surface area contributed by atoms with E-state index in [1.807, 2.05) is 36.4 Å². The fourth-order valence-electron chi connectivity index (χ4n) is 3.58. The molecule has 158 valence electrons. The van der Waals surface area contributed by atoms with Crippen LogP contribution < -0.4 is 10.4 Å². The number of aryl methyl sites for hydroxylation is 1. The summed E-state index contributed by atoms with van der Waals surface area (Å²) in [7, 11) is 1.62. The quantitative estimate of drug-likeness (QED) is 0.370. The van der Waals surface area contributed by atoms with Gasteiger partial charge < -0.3 is 19.0 Å². The van der Waals surface area contributed by atoms with Gasteiger partial charge in [-0.1, -0.05) is 24.3 Å². The normalized spacial score (nSPS) is 12.1. The number of methoxy groups -OCH3 is 1. The summed E-state index contributed by atoms with van der Waals surface area (Å²) < 4.78 is 16.0. The molecule has 4 rings (SSSR count). The standard InChI is InChI=1S/C25H22O6/c1-14(16-4-5-18-11-20(29-3)7-6-17(18)10-16)25(28)30-13-19-12-23(27)31-24-15(2)22(26)9-8-21(19)24/h4-12,14,26H,13H2,1-3H3/t14-/m0/s1. The van der Waals surface area contributed by atoms with E-state index in [0.29, 0.717) is 16.5 Å². The lowest BCUT2D eigenvalue weighted by Gasteiger charge is -2.14. The molecule has 0 bridgehead atoms. The van der Waals surface area contributed by atoms with E-state index in [-0.39, 0.29) is 17.9 Å². The van der Waals surface area contributed by atoms with Crippen LogP contribution in [0.5, 0.6) is 11.5 Å². The molecule has 6 nitrogen and oxygen atoms in total. The molecule has 0 saturated heterocycles. The maximum atomic E-state index is 12.7. The zero-order chi connectivity index (χ0) is 22.1. The highest BCUT2D eigenvalue weighted by atomic mass is 16.5. The van der Waals surface area contributed by atoms with Gasteiger partial charge in [-0.3, -0.25) is 4.79 Å². The predicted molar refractivity (Wildman–Crippen MR) is 118 cm³/mol. The third-order valence-electron chi connectivity index (χ3n) is 5.51. The minimum Gasteiger partial charge on any atom is -0.508 e. The Morgan fingerprint density at radius 1 is 1.06 bits per heavy atom. The monoisotopic (exact) mass is 418 g/mol. The molecule has 3 aromatic carbocycles. The Morgan fingerprint density at radius 3 is 2.58 bits per heavy atom. The Kier molecular flexibility index (Phi) is 5.38. The third kappa shape index (κ3) is 3.97. The van der Waals surface area contributed by atoms with Crippen molar-refractivity contribution in [3.63, 3.8) is 0 Å². The first kappa shape index (κ1) is 20.5. The van der Waals surface area contributed by atoms with Crippen molar-refractivity contribution in [1.82, 2.24) is 0 Å². The lowest BCUT2D eigenvalue weighted by molar-refractivity contribution is -0.146. The fraction of sp³-hybridized carbons (Fsp3) is 0.200. The number of phenols is 1. The molecule has 0 saturated carbocycles. The number of benzene rings is 3. The Hall–Kier alpha value is -3.80. The molecule has 0 aliphatic rings. The molecule has 0 spiro atoms. The summed E-state index contributed by atoms with van der Waals surface area (Å²) in [4.78, 5) is 24.7. The van der Waals surface area contributed by atoms with Crippen molar-refractivity contribution in [3.8, 4) is 11.5 Å². The summed E-state index contributed by atoms with van der Waals surface area (Å²) in [6.45, 7) is 3.38. The van der Waals surface area contributed by atoms with Gasteiger partial charge in [-0.05, 0) is 54.4 Å². The second-order valence-corrected chi connectivity index (χ2v) is 7.48. The summed E-state index contributed by atoms with van der Waals surface area (Å²) in [5.74, 6) is -0.0726. The maximum Gasteiger partial charge on any atom is 0.336 e. The number of carbonyl (C=O) groups is 1. The Labute approximate surface area is 178 Å². The summed E-state index contributed by atoms with van der Waals surface area (Å²) in [5, 5.41) is 12.5. The van der Waals surface area contributed by atoms with Crippen LogP contribution in [0, 0.1) is 6.92 Å². The van der Waals surface area contributed by atoms with Gasteiger partial charge >= 0.3 is 11.6 Å². The summed E-state index contributed by atoms with van der Waals surface area (Å²) >= 11 is 0. The zero-order valence-electron chi connectivity index (χ0n) is 17.5. The largest absolute Gasteiger partial charge is 0.508 e. The highest BCUT2D eigenvalue weighted by Crippen LogP contribution is 2.29. The molecule has 1 N–H and O–H groups in total. The van der Waals surface area contributed by atoms with Crippen molar-refractivity contribution < 1.29 is 23.8 Å². The number of phenolic OH excluding ortho intramolecular Hbond substituents is 1. The van der Waals surface area contributed by atoms with E-state index < -0.39 is 17.5 Å². The van der Waals surface area contributed by atoms with Crippen LogP contribution in [0.2, 0.25) is 0 Å². The first-order valence-corrected chi connectivity index (χ1v) is 9.87. The minimum atomic E-state index is -0.565. The van der Waals surface area contributed by atoms with Gasteiger partial charge in [-0.15, -0.1) is 0 Å². The van der Waals surface area contributed by atoms with E-state index in [1.165, 1.54) is 12.1 Å². The smallest absolute Gasteiger partial charge is 0.336 e. The van der Waals surface area contributed by atoms with E-state index in [2.05, 4.69) is 0 Å². The number of carbonyl (C=O) groups excluding carboxylic acids is 1. The van der Waals surface area contributed by atoms with Crippen molar-refractivity contribution in [2.45, 2.75) is 26.4 Å². The SMILES string of the molecule is COc1ccc2cc([C@H](C)C(=O)OCc3cc(=O)oc4c(C)c(O)ccc34)ccc2c1. The number of aromatic hydroxyl groups is 1. The second-order valence-electron chi connectivity index (χ2n) is 7.48. The lowest BCUT2D eigenvalue weighted by atomic mass is 9.98. The van der Waals surface area contributed by atoms with Gasteiger partial charge in [-0.2, -0.15) is 0 Å². The average molecular weight is 418 g/mol. The van der Waals surface area contributed by atoms with Crippen LogP contribution >= 0.6 is 0 Å². The molecular formula is C25H22O6. The van der Waals surface area contributed by atoms with E-state index >= 15 is 0 Å². The number of rotatable bonds is 5. The van der Waals surface area contributed by atoms with Gasteiger partial charge in [0.05, 0.1) is 13.0 Å². The van der Waals surface area contributed by atoms with Crippen molar-refractivity contribution in [2.24, 2.45) is 0 Å². The van der Waals surface area contributed by atoms with Crippen molar-refractivity contribution >= 4 is 27.7 Å². The van der Waals surface area contributed by atoms with Crippen LogP contribution in [0.4, 0.5) is 0 Å². The van der Waals surface area contributed by atoms with Gasteiger partial charge in [0.2, 0.25) is 0 Å². The third-order valence-corrected chi connectivity index (χ3v) is 5.51.